The Hall–Kier alpha value is -1.63. The van der Waals surface area contributed by atoms with Crippen LogP contribution in [0.15, 0.2) is 11.6 Å². The zero-order valence-electron chi connectivity index (χ0n) is 10.3. The Morgan fingerprint density at radius 1 is 1.56 bits per heavy atom. The third-order valence-electron chi connectivity index (χ3n) is 2.85. The normalized spacial score (nSPS) is 16.6. The minimum Gasteiger partial charge on any atom is -0.341 e. The van der Waals surface area contributed by atoms with Crippen LogP contribution in [0.25, 0.3) is 0 Å². The molecule has 0 aliphatic carbocycles. The Kier molecular flexibility index (Phi) is 4.14. The van der Waals surface area contributed by atoms with E-state index < -0.39 is 0 Å². The molecule has 2 heterocycles. The van der Waals surface area contributed by atoms with Crippen molar-refractivity contribution in [1.82, 2.24) is 14.8 Å². The first-order valence-corrected chi connectivity index (χ1v) is 6.82. The molecular weight excluding hydrogens is 252 g/mol. The Morgan fingerprint density at radius 3 is 3.06 bits per heavy atom. The third-order valence-corrected chi connectivity index (χ3v) is 3.54. The predicted octanol–water partition coefficient (Wildman–Crippen LogP) is 1.23. The zero-order chi connectivity index (χ0) is 13.0. The zero-order valence-corrected chi connectivity index (χ0v) is 11.1. The molecule has 0 saturated carbocycles. The second-order valence-electron chi connectivity index (χ2n) is 4.02. The number of nitrogens with one attached hydrogen (secondary N) is 1. The fourth-order valence-corrected chi connectivity index (χ4v) is 2.40. The molecule has 2 rings (SSSR count). The standard InChI is InChI=1S/C11H16N4O2S/c1-2-14-5-3-6-15(8-9(14)16)11(17)13-10-12-4-7-18-10/h4,7H,2-3,5-6,8H2,1H3,(H,12,13,17). The number of hydrogen-bond acceptors (Lipinski definition) is 4. The largest absolute Gasteiger partial charge is 0.341 e. The van der Waals surface area contributed by atoms with Crippen LogP contribution in [0.1, 0.15) is 13.3 Å². The predicted molar refractivity (Wildman–Crippen MR) is 69.6 cm³/mol. The Morgan fingerprint density at radius 2 is 2.39 bits per heavy atom. The molecule has 0 aromatic carbocycles. The number of hydrogen-bond donors (Lipinski definition) is 1. The molecule has 18 heavy (non-hydrogen) atoms. The Balaban J connectivity index is 1.96. The van der Waals surface area contributed by atoms with Gasteiger partial charge >= 0.3 is 6.03 Å². The van der Waals surface area contributed by atoms with Crippen molar-refractivity contribution in [2.45, 2.75) is 13.3 Å². The number of rotatable bonds is 2. The molecule has 1 aliphatic heterocycles. The summed E-state index contributed by atoms with van der Waals surface area (Å²) in [4.78, 5) is 31.1. The molecule has 1 aromatic heterocycles. The second-order valence-corrected chi connectivity index (χ2v) is 4.91. The number of aromatic nitrogens is 1. The average Bonchev–Trinajstić information content (AvgIpc) is 2.77. The van der Waals surface area contributed by atoms with Gasteiger partial charge in [-0.3, -0.25) is 10.1 Å². The molecule has 1 aromatic rings. The van der Waals surface area contributed by atoms with Gasteiger partial charge in [0.25, 0.3) is 0 Å². The maximum absolute atomic E-state index is 12.0. The number of anilines is 1. The molecule has 1 aliphatic rings. The van der Waals surface area contributed by atoms with Gasteiger partial charge in [0, 0.05) is 31.2 Å². The van der Waals surface area contributed by atoms with E-state index in [9.17, 15) is 9.59 Å². The van der Waals surface area contributed by atoms with Crippen LogP contribution < -0.4 is 5.32 Å². The molecule has 0 atom stereocenters. The van der Waals surface area contributed by atoms with E-state index >= 15 is 0 Å². The Labute approximate surface area is 110 Å². The highest BCUT2D eigenvalue weighted by atomic mass is 32.1. The lowest BCUT2D eigenvalue weighted by atomic mass is 10.4. The van der Waals surface area contributed by atoms with Crippen LogP contribution in [0.4, 0.5) is 9.93 Å². The summed E-state index contributed by atoms with van der Waals surface area (Å²) in [7, 11) is 0. The van der Waals surface area contributed by atoms with Crippen LogP contribution in [0.3, 0.4) is 0 Å². The summed E-state index contributed by atoms with van der Waals surface area (Å²) in [5.74, 6) is 0.00397. The van der Waals surface area contributed by atoms with Gasteiger partial charge in [0.2, 0.25) is 5.91 Å². The second kappa shape index (κ2) is 5.81. The molecule has 98 valence electrons. The third kappa shape index (κ3) is 2.98. The molecule has 0 radical (unpaired) electrons. The van der Waals surface area contributed by atoms with Crippen LogP contribution in [0.2, 0.25) is 0 Å². The summed E-state index contributed by atoms with van der Waals surface area (Å²) in [6, 6.07) is -0.253. The van der Waals surface area contributed by atoms with E-state index in [1.54, 1.807) is 21.4 Å². The van der Waals surface area contributed by atoms with Gasteiger partial charge in [0.05, 0.1) is 0 Å². The summed E-state index contributed by atoms with van der Waals surface area (Å²) < 4.78 is 0. The molecule has 0 unspecified atom stereocenters. The molecule has 1 saturated heterocycles. The van der Waals surface area contributed by atoms with Crippen molar-refractivity contribution in [2.24, 2.45) is 0 Å². The average molecular weight is 268 g/mol. The Bertz CT molecular complexity index is 421. The molecule has 0 bridgehead atoms. The van der Waals surface area contributed by atoms with Crippen molar-refractivity contribution in [3.8, 4) is 0 Å². The molecule has 3 amide bonds. The topological polar surface area (TPSA) is 65.5 Å². The van der Waals surface area contributed by atoms with Crippen LogP contribution in [-0.4, -0.2) is 52.9 Å². The van der Waals surface area contributed by atoms with Gasteiger partial charge in [-0.05, 0) is 13.3 Å². The van der Waals surface area contributed by atoms with E-state index in [1.165, 1.54) is 11.3 Å². The summed E-state index contributed by atoms with van der Waals surface area (Å²) >= 11 is 1.36. The van der Waals surface area contributed by atoms with E-state index in [1.807, 2.05) is 6.92 Å². The monoisotopic (exact) mass is 268 g/mol. The highest BCUT2D eigenvalue weighted by Crippen LogP contribution is 2.12. The number of thiazole rings is 1. The van der Waals surface area contributed by atoms with Crippen LogP contribution >= 0.6 is 11.3 Å². The van der Waals surface area contributed by atoms with Crippen molar-refractivity contribution in [3.63, 3.8) is 0 Å². The van der Waals surface area contributed by atoms with E-state index in [4.69, 9.17) is 0 Å². The van der Waals surface area contributed by atoms with Crippen molar-refractivity contribution >= 4 is 28.4 Å². The minimum atomic E-state index is -0.253. The molecule has 1 fully saturated rings. The van der Waals surface area contributed by atoms with Gasteiger partial charge in [-0.2, -0.15) is 0 Å². The lowest BCUT2D eigenvalue weighted by molar-refractivity contribution is -0.130. The van der Waals surface area contributed by atoms with Crippen molar-refractivity contribution in [1.29, 1.82) is 0 Å². The van der Waals surface area contributed by atoms with Crippen molar-refractivity contribution < 1.29 is 9.59 Å². The summed E-state index contributed by atoms with van der Waals surface area (Å²) in [5.41, 5.74) is 0. The van der Waals surface area contributed by atoms with Gasteiger partial charge < -0.3 is 9.80 Å². The number of amides is 3. The fraction of sp³-hybridized carbons (Fsp3) is 0.545. The molecule has 7 heteroatoms. The van der Waals surface area contributed by atoms with Gasteiger partial charge in [0.15, 0.2) is 5.13 Å². The van der Waals surface area contributed by atoms with Gasteiger partial charge in [-0.25, -0.2) is 9.78 Å². The SMILES string of the molecule is CCN1CCCN(C(=O)Nc2nccs2)CC1=O. The molecule has 0 spiro atoms. The molecule has 1 N–H and O–H groups in total. The number of urea groups is 1. The number of carbonyl (C=O) groups is 2. The van der Waals surface area contributed by atoms with Crippen LogP contribution in [0, 0.1) is 0 Å². The van der Waals surface area contributed by atoms with Crippen molar-refractivity contribution in [2.75, 3.05) is 31.5 Å². The van der Waals surface area contributed by atoms with E-state index in [0.29, 0.717) is 18.2 Å². The lowest BCUT2D eigenvalue weighted by Gasteiger charge is -2.20. The van der Waals surface area contributed by atoms with E-state index in [-0.39, 0.29) is 18.5 Å². The number of nitrogens with zero attached hydrogens (tertiary/aromatic N) is 3. The molecular formula is C11H16N4O2S. The van der Waals surface area contributed by atoms with E-state index in [2.05, 4.69) is 10.3 Å². The quantitative estimate of drug-likeness (QED) is 0.877. The van der Waals surface area contributed by atoms with Crippen LogP contribution in [-0.2, 0) is 4.79 Å². The first-order valence-electron chi connectivity index (χ1n) is 5.94. The number of carbonyl (C=O) groups excluding carboxylic acids is 2. The maximum Gasteiger partial charge on any atom is 0.324 e. The van der Waals surface area contributed by atoms with Gasteiger partial charge in [-0.15, -0.1) is 11.3 Å². The van der Waals surface area contributed by atoms with Crippen LogP contribution in [0.5, 0.6) is 0 Å². The summed E-state index contributed by atoms with van der Waals surface area (Å²) in [6.07, 6.45) is 2.44. The maximum atomic E-state index is 12.0. The van der Waals surface area contributed by atoms with E-state index in [0.717, 1.165) is 13.0 Å². The summed E-state index contributed by atoms with van der Waals surface area (Å²) in [5, 5.41) is 5.05. The first-order chi connectivity index (χ1) is 8.70. The lowest BCUT2D eigenvalue weighted by Crippen LogP contribution is -2.41. The smallest absolute Gasteiger partial charge is 0.324 e. The highest BCUT2D eigenvalue weighted by molar-refractivity contribution is 7.13. The van der Waals surface area contributed by atoms with Gasteiger partial charge in [0.1, 0.15) is 6.54 Å². The highest BCUT2D eigenvalue weighted by Gasteiger charge is 2.24. The minimum absolute atomic E-state index is 0.00397. The first kappa shape index (κ1) is 12.8. The summed E-state index contributed by atoms with van der Waals surface area (Å²) in [6.45, 7) is 4.10. The van der Waals surface area contributed by atoms with Crippen molar-refractivity contribution in [3.05, 3.63) is 11.6 Å². The molecule has 6 nitrogen and oxygen atoms in total. The number of likely N-dealkylation sites (N-methyl/N-ethyl adjacent to an activating group) is 1. The van der Waals surface area contributed by atoms with Gasteiger partial charge in [-0.1, -0.05) is 0 Å². The fourth-order valence-electron chi connectivity index (χ4n) is 1.88.